The zero-order valence-electron chi connectivity index (χ0n) is 13.9. The summed E-state index contributed by atoms with van der Waals surface area (Å²) < 4.78 is 11.5. The van der Waals surface area contributed by atoms with Crippen LogP contribution in [0.4, 0.5) is 0 Å². The molecule has 0 saturated carbocycles. The Bertz CT molecular complexity index is 564. The van der Waals surface area contributed by atoms with Crippen LogP contribution in [0, 0.1) is 6.92 Å². The highest BCUT2D eigenvalue weighted by Crippen LogP contribution is 2.34. The summed E-state index contributed by atoms with van der Waals surface area (Å²) in [6, 6.07) is 6.25. The highest BCUT2D eigenvalue weighted by molar-refractivity contribution is 7.98. The van der Waals surface area contributed by atoms with Crippen molar-refractivity contribution in [3.63, 3.8) is 0 Å². The molecular formula is C18H25NO3S. The summed E-state index contributed by atoms with van der Waals surface area (Å²) in [4.78, 5) is 13.8. The lowest BCUT2D eigenvalue weighted by atomic mass is 9.84. The van der Waals surface area contributed by atoms with Crippen LogP contribution in [0.3, 0.4) is 0 Å². The summed E-state index contributed by atoms with van der Waals surface area (Å²) in [5.41, 5.74) is 1.71. The molecule has 1 spiro atoms. The normalized spacial score (nSPS) is 23.7. The smallest absolute Gasteiger partial charge is 0.251 e. The molecule has 1 N–H and O–H groups in total. The van der Waals surface area contributed by atoms with Crippen molar-refractivity contribution in [1.29, 1.82) is 0 Å². The van der Waals surface area contributed by atoms with Gasteiger partial charge in [-0.1, -0.05) is 6.07 Å². The predicted molar refractivity (Wildman–Crippen MR) is 92.2 cm³/mol. The number of thioether (sulfide) groups is 1. The maximum Gasteiger partial charge on any atom is 0.251 e. The van der Waals surface area contributed by atoms with Crippen LogP contribution in [0.25, 0.3) is 0 Å². The Kier molecular flexibility index (Phi) is 5.29. The fourth-order valence-electron chi connectivity index (χ4n) is 3.48. The number of carbonyl (C=O) groups excluding carboxylic acids is 1. The van der Waals surface area contributed by atoms with Gasteiger partial charge in [0.15, 0.2) is 0 Å². The Morgan fingerprint density at radius 3 is 2.83 bits per heavy atom. The van der Waals surface area contributed by atoms with Gasteiger partial charge in [0.1, 0.15) is 0 Å². The molecule has 1 amide bonds. The molecule has 0 aromatic heterocycles. The topological polar surface area (TPSA) is 47.6 Å². The van der Waals surface area contributed by atoms with Crippen LogP contribution >= 0.6 is 11.8 Å². The SMILES string of the molecule is CSc1ccc(C)c(C(=O)N[C@H]2CCOC3(CCOCC3)C2)c1. The van der Waals surface area contributed by atoms with Gasteiger partial charge in [-0.3, -0.25) is 4.79 Å². The molecule has 126 valence electrons. The molecule has 2 fully saturated rings. The zero-order valence-corrected chi connectivity index (χ0v) is 14.7. The maximum atomic E-state index is 12.7. The predicted octanol–water partition coefficient (Wildman–Crippen LogP) is 3.17. The van der Waals surface area contributed by atoms with Crippen molar-refractivity contribution in [2.45, 2.75) is 49.1 Å². The molecule has 0 bridgehead atoms. The molecule has 1 aromatic carbocycles. The largest absolute Gasteiger partial charge is 0.381 e. The Morgan fingerprint density at radius 1 is 1.30 bits per heavy atom. The third-order valence-corrected chi connectivity index (χ3v) is 5.65. The highest BCUT2D eigenvalue weighted by Gasteiger charge is 2.39. The van der Waals surface area contributed by atoms with Gasteiger partial charge >= 0.3 is 0 Å². The minimum atomic E-state index is -0.0926. The molecule has 5 heteroatoms. The quantitative estimate of drug-likeness (QED) is 0.862. The Balaban J connectivity index is 1.67. The third kappa shape index (κ3) is 3.90. The molecule has 1 atom stereocenters. The molecule has 0 unspecified atom stereocenters. The lowest BCUT2D eigenvalue weighted by Crippen LogP contribution is -2.51. The lowest BCUT2D eigenvalue weighted by molar-refractivity contribution is -0.139. The average Bonchev–Trinajstić information content (AvgIpc) is 2.56. The van der Waals surface area contributed by atoms with E-state index in [2.05, 4.69) is 11.4 Å². The van der Waals surface area contributed by atoms with Gasteiger partial charge in [-0.2, -0.15) is 0 Å². The first kappa shape index (κ1) is 16.8. The van der Waals surface area contributed by atoms with Gasteiger partial charge in [0.2, 0.25) is 0 Å². The van der Waals surface area contributed by atoms with Gasteiger partial charge < -0.3 is 14.8 Å². The van der Waals surface area contributed by atoms with E-state index in [1.54, 1.807) is 11.8 Å². The number of rotatable bonds is 3. The van der Waals surface area contributed by atoms with Crippen LogP contribution in [0.15, 0.2) is 23.1 Å². The van der Waals surface area contributed by atoms with Crippen molar-refractivity contribution >= 4 is 17.7 Å². The number of carbonyl (C=O) groups is 1. The summed E-state index contributed by atoms with van der Waals surface area (Å²) in [7, 11) is 0. The van der Waals surface area contributed by atoms with E-state index in [1.165, 1.54) is 0 Å². The molecule has 1 aromatic rings. The summed E-state index contributed by atoms with van der Waals surface area (Å²) in [5, 5.41) is 3.23. The number of hydrogen-bond donors (Lipinski definition) is 1. The molecular weight excluding hydrogens is 310 g/mol. The van der Waals surface area contributed by atoms with Crippen LogP contribution in [0.5, 0.6) is 0 Å². The van der Waals surface area contributed by atoms with Gasteiger partial charge in [0, 0.05) is 36.3 Å². The van der Waals surface area contributed by atoms with Crippen molar-refractivity contribution in [3.8, 4) is 0 Å². The molecule has 0 aliphatic carbocycles. The van der Waals surface area contributed by atoms with E-state index < -0.39 is 0 Å². The number of ether oxygens (including phenoxy) is 2. The summed E-state index contributed by atoms with van der Waals surface area (Å²) in [6.07, 6.45) is 5.67. The number of amides is 1. The monoisotopic (exact) mass is 335 g/mol. The van der Waals surface area contributed by atoms with Crippen molar-refractivity contribution in [1.82, 2.24) is 5.32 Å². The van der Waals surface area contributed by atoms with Gasteiger partial charge in [-0.25, -0.2) is 0 Å². The van der Waals surface area contributed by atoms with E-state index in [-0.39, 0.29) is 17.6 Å². The number of aryl methyl sites for hydroxylation is 1. The van der Waals surface area contributed by atoms with Crippen LogP contribution in [-0.2, 0) is 9.47 Å². The second-order valence-electron chi connectivity index (χ2n) is 6.49. The van der Waals surface area contributed by atoms with E-state index in [0.717, 1.165) is 61.5 Å². The van der Waals surface area contributed by atoms with E-state index in [9.17, 15) is 4.79 Å². The third-order valence-electron chi connectivity index (χ3n) is 4.92. The van der Waals surface area contributed by atoms with Crippen LogP contribution < -0.4 is 5.32 Å². The van der Waals surface area contributed by atoms with Crippen LogP contribution in [0.2, 0.25) is 0 Å². The lowest BCUT2D eigenvalue weighted by Gasteiger charge is -2.43. The molecule has 4 nitrogen and oxygen atoms in total. The minimum Gasteiger partial charge on any atom is -0.381 e. The number of benzene rings is 1. The standard InChI is InChI=1S/C18H25NO3S/c1-13-3-4-15(23-2)11-16(13)17(20)19-14-5-8-22-18(12-14)6-9-21-10-7-18/h3-4,11,14H,5-10,12H2,1-2H3,(H,19,20)/t14-/m0/s1. The van der Waals surface area contributed by atoms with Gasteiger partial charge in [0.05, 0.1) is 5.60 Å². The first-order valence-corrected chi connectivity index (χ1v) is 9.52. The van der Waals surface area contributed by atoms with Crippen molar-refractivity contribution in [3.05, 3.63) is 29.3 Å². The fraction of sp³-hybridized carbons (Fsp3) is 0.611. The summed E-state index contributed by atoms with van der Waals surface area (Å²) in [5.74, 6) is 0.0347. The minimum absolute atomic E-state index is 0.0347. The fourth-order valence-corrected chi connectivity index (χ4v) is 3.92. The van der Waals surface area contributed by atoms with E-state index in [0.29, 0.717) is 0 Å². The van der Waals surface area contributed by atoms with E-state index in [1.807, 2.05) is 25.3 Å². The first-order valence-electron chi connectivity index (χ1n) is 8.29. The van der Waals surface area contributed by atoms with E-state index in [4.69, 9.17) is 9.47 Å². The molecule has 2 heterocycles. The summed E-state index contributed by atoms with van der Waals surface area (Å²) in [6.45, 7) is 4.23. The maximum absolute atomic E-state index is 12.7. The van der Waals surface area contributed by atoms with Crippen molar-refractivity contribution in [2.75, 3.05) is 26.1 Å². The van der Waals surface area contributed by atoms with Crippen LogP contribution in [0.1, 0.15) is 41.6 Å². The van der Waals surface area contributed by atoms with Gasteiger partial charge in [0.25, 0.3) is 5.91 Å². The molecule has 23 heavy (non-hydrogen) atoms. The van der Waals surface area contributed by atoms with Crippen LogP contribution in [-0.4, -0.2) is 43.6 Å². The molecule has 3 rings (SSSR count). The molecule has 2 saturated heterocycles. The zero-order chi connectivity index (χ0) is 16.3. The highest BCUT2D eigenvalue weighted by atomic mass is 32.2. The Hall–Kier alpha value is -1.04. The molecule has 0 radical (unpaired) electrons. The van der Waals surface area contributed by atoms with Crippen molar-refractivity contribution < 1.29 is 14.3 Å². The first-order chi connectivity index (χ1) is 11.1. The van der Waals surface area contributed by atoms with Crippen molar-refractivity contribution in [2.24, 2.45) is 0 Å². The average molecular weight is 335 g/mol. The number of hydrogen-bond acceptors (Lipinski definition) is 4. The number of nitrogens with one attached hydrogen (secondary N) is 1. The Labute approximate surface area is 142 Å². The van der Waals surface area contributed by atoms with Gasteiger partial charge in [-0.15, -0.1) is 11.8 Å². The second-order valence-corrected chi connectivity index (χ2v) is 7.37. The van der Waals surface area contributed by atoms with Gasteiger partial charge in [-0.05, 0) is 56.6 Å². The molecule has 2 aliphatic heterocycles. The second kappa shape index (κ2) is 7.24. The van der Waals surface area contributed by atoms with E-state index >= 15 is 0 Å². The Morgan fingerprint density at radius 2 is 2.09 bits per heavy atom. The molecule has 2 aliphatic rings. The summed E-state index contributed by atoms with van der Waals surface area (Å²) >= 11 is 1.66.